The Hall–Kier alpha value is -0.890. The highest BCUT2D eigenvalue weighted by molar-refractivity contribution is 5.25. The van der Waals surface area contributed by atoms with Crippen molar-refractivity contribution in [1.29, 1.82) is 0 Å². The lowest BCUT2D eigenvalue weighted by Gasteiger charge is -2.45. The number of halogens is 1. The maximum Gasteiger partial charge on any atom is 0.123 e. The number of piperidine rings is 1. The number of nitrogens with one attached hydrogen (secondary N) is 1. The van der Waals surface area contributed by atoms with Crippen LogP contribution in [0.15, 0.2) is 24.3 Å². The van der Waals surface area contributed by atoms with E-state index in [0.717, 1.165) is 19.0 Å². The van der Waals surface area contributed by atoms with Crippen LogP contribution in [-0.2, 0) is 0 Å². The van der Waals surface area contributed by atoms with Crippen molar-refractivity contribution in [2.45, 2.75) is 38.5 Å². The summed E-state index contributed by atoms with van der Waals surface area (Å²) in [6.07, 6.45) is 5.24. The summed E-state index contributed by atoms with van der Waals surface area (Å²) in [5.41, 5.74) is 1.61. The van der Waals surface area contributed by atoms with Gasteiger partial charge in [0, 0.05) is 12.5 Å². The number of hydrogen-bond acceptors (Lipinski definition) is 1. The molecule has 2 aliphatic rings. The van der Waals surface area contributed by atoms with Crippen molar-refractivity contribution < 1.29 is 4.39 Å². The van der Waals surface area contributed by atoms with Crippen LogP contribution in [0.1, 0.15) is 44.1 Å². The Morgan fingerprint density at radius 2 is 2.22 bits per heavy atom. The van der Waals surface area contributed by atoms with Gasteiger partial charge in [0.05, 0.1) is 0 Å². The van der Waals surface area contributed by atoms with E-state index in [9.17, 15) is 4.39 Å². The molecule has 1 aliphatic carbocycles. The zero-order chi connectivity index (χ0) is 12.6. The summed E-state index contributed by atoms with van der Waals surface area (Å²) >= 11 is 0. The molecule has 1 aliphatic heterocycles. The Kier molecular flexibility index (Phi) is 3.14. The van der Waals surface area contributed by atoms with Crippen LogP contribution in [0.4, 0.5) is 4.39 Å². The van der Waals surface area contributed by atoms with Crippen LogP contribution in [0.3, 0.4) is 0 Å². The van der Waals surface area contributed by atoms with Crippen LogP contribution in [0, 0.1) is 17.2 Å². The fraction of sp³-hybridized carbons (Fsp3) is 0.625. The molecule has 18 heavy (non-hydrogen) atoms. The van der Waals surface area contributed by atoms with Gasteiger partial charge in [-0.3, -0.25) is 0 Å². The molecule has 1 saturated heterocycles. The first-order chi connectivity index (χ1) is 8.72. The second kappa shape index (κ2) is 4.65. The van der Waals surface area contributed by atoms with Crippen LogP contribution in [0.5, 0.6) is 0 Å². The van der Waals surface area contributed by atoms with Crippen molar-refractivity contribution in [3.05, 3.63) is 35.6 Å². The van der Waals surface area contributed by atoms with Crippen LogP contribution in [0.2, 0.25) is 0 Å². The summed E-state index contributed by atoms with van der Waals surface area (Å²) in [5.74, 6) is 1.16. The molecule has 1 aromatic carbocycles. The van der Waals surface area contributed by atoms with E-state index in [2.05, 4.69) is 18.3 Å². The topological polar surface area (TPSA) is 12.0 Å². The second-order valence-corrected chi connectivity index (χ2v) is 6.09. The summed E-state index contributed by atoms with van der Waals surface area (Å²) in [6.45, 7) is 4.52. The molecule has 0 aromatic heterocycles. The maximum absolute atomic E-state index is 13.5. The largest absolute Gasteiger partial charge is 0.316 e. The van der Waals surface area contributed by atoms with Gasteiger partial charge < -0.3 is 5.32 Å². The molecule has 3 atom stereocenters. The van der Waals surface area contributed by atoms with Crippen molar-refractivity contribution in [3.8, 4) is 0 Å². The average molecular weight is 247 g/mol. The summed E-state index contributed by atoms with van der Waals surface area (Å²) in [5, 5.41) is 3.50. The molecule has 1 nitrogen and oxygen atoms in total. The highest BCUT2D eigenvalue weighted by atomic mass is 19.1. The summed E-state index contributed by atoms with van der Waals surface area (Å²) in [7, 11) is 0. The van der Waals surface area contributed by atoms with Crippen LogP contribution in [0.25, 0.3) is 0 Å². The molecule has 0 bridgehead atoms. The minimum Gasteiger partial charge on any atom is -0.316 e. The first-order valence-corrected chi connectivity index (χ1v) is 7.18. The lowest BCUT2D eigenvalue weighted by molar-refractivity contribution is 0.116. The third-order valence-electron chi connectivity index (χ3n) is 5.32. The molecule has 0 radical (unpaired) electrons. The van der Waals surface area contributed by atoms with E-state index in [4.69, 9.17) is 0 Å². The van der Waals surface area contributed by atoms with Crippen LogP contribution < -0.4 is 5.32 Å². The van der Waals surface area contributed by atoms with Crippen molar-refractivity contribution in [1.82, 2.24) is 5.32 Å². The second-order valence-electron chi connectivity index (χ2n) is 6.09. The van der Waals surface area contributed by atoms with E-state index in [-0.39, 0.29) is 5.82 Å². The maximum atomic E-state index is 13.5. The molecule has 3 rings (SSSR count). The quantitative estimate of drug-likeness (QED) is 0.797. The molecule has 2 heteroatoms. The Morgan fingerprint density at radius 1 is 1.33 bits per heavy atom. The van der Waals surface area contributed by atoms with Crippen molar-refractivity contribution >= 4 is 0 Å². The molecular weight excluding hydrogens is 225 g/mol. The first-order valence-electron chi connectivity index (χ1n) is 7.18. The summed E-state index contributed by atoms with van der Waals surface area (Å²) in [4.78, 5) is 0. The predicted octanol–water partition coefficient (Wildman–Crippen LogP) is 3.71. The molecule has 1 spiro atoms. The molecule has 0 amide bonds. The first kappa shape index (κ1) is 12.2. The fourth-order valence-electron chi connectivity index (χ4n) is 4.28. The van der Waals surface area contributed by atoms with Crippen molar-refractivity contribution in [3.63, 3.8) is 0 Å². The third kappa shape index (κ3) is 1.87. The van der Waals surface area contributed by atoms with Gasteiger partial charge in [0.1, 0.15) is 5.82 Å². The standard InChI is InChI=1S/C16H22FN/c1-12-4-3-7-16(12)8-9-18-11-15(16)13-5-2-6-14(17)10-13/h2,5-6,10,12,15,18H,3-4,7-9,11H2,1H3. The van der Waals surface area contributed by atoms with Crippen LogP contribution in [-0.4, -0.2) is 13.1 Å². The Balaban J connectivity index is 1.97. The van der Waals surface area contributed by atoms with Gasteiger partial charge in [0.25, 0.3) is 0 Å². The Labute approximate surface area is 109 Å². The molecule has 1 saturated carbocycles. The van der Waals surface area contributed by atoms with Gasteiger partial charge in [-0.2, -0.15) is 0 Å². The number of benzene rings is 1. The molecule has 1 aromatic rings. The van der Waals surface area contributed by atoms with E-state index in [1.807, 2.05) is 6.07 Å². The minimum absolute atomic E-state index is 0.0983. The lowest BCUT2D eigenvalue weighted by Crippen LogP contribution is -2.45. The van der Waals surface area contributed by atoms with Gasteiger partial charge in [-0.05, 0) is 48.4 Å². The van der Waals surface area contributed by atoms with Gasteiger partial charge >= 0.3 is 0 Å². The predicted molar refractivity (Wildman–Crippen MR) is 72.1 cm³/mol. The zero-order valence-corrected chi connectivity index (χ0v) is 11.1. The summed E-state index contributed by atoms with van der Waals surface area (Å²) in [6, 6.07) is 7.25. The fourth-order valence-corrected chi connectivity index (χ4v) is 4.28. The van der Waals surface area contributed by atoms with E-state index in [0.29, 0.717) is 11.3 Å². The Morgan fingerprint density at radius 3 is 2.94 bits per heavy atom. The van der Waals surface area contributed by atoms with E-state index < -0.39 is 0 Å². The van der Waals surface area contributed by atoms with Crippen molar-refractivity contribution in [2.24, 2.45) is 11.3 Å². The lowest BCUT2D eigenvalue weighted by atomic mass is 9.63. The van der Waals surface area contributed by atoms with E-state index in [1.54, 1.807) is 12.1 Å². The van der Waals surface area contributed by atoms with Gasteiger partial charge in [-0.25, -0.2) is 4.39 Å². The Bertz CT molecular complexity index is 431. The van der Waals surface area contributed by atoms with Gasteiger partial charge in [-0.15, -0.1) is 0 Å². The normalized spacial score (nSPS) is 36.1. The van der Waals surface area contributed by atoms with Gasteiger partial charge in [0.2, 0.25) is 0 Å². The molecule has 1 N–H and O–H groups in total. The van der Waals surface area contributed by atoms with Gasteiger partial charge in [0.15, 0.2) is 0 Å². The summed E-state index contributed by atoms with van der Waals surface area (Å²) < 4.78 is 13.5. The molecule has 98 valence electrons. The highest BCUT2D eigenvalue weighted by Gasteiger charge is 2.47. The van der Waals surface area contributed by atoms with E-state index >= 15 is 0 Å². The molecular formula is C16H22FN. The minimum atomic E-state index is -0.0983. The molecule has 2 fully saturated rings. The molecule has 3 unspecified atom stereocenters. The zero-order valence-electron chi connectivity index (χ0n) is 11.1. The van der Waals surface area contributed by atoms with Crippen LogP contribution >= 0.6 is 0 Å². The molecule has 1 heterocycles. The smallest absolute Gasteiger partial charge is 0.123 e. The number of hydrogen-bond donors (Lipinski definition) is 1. The monoisotopic (exact) mass is 247 g/mol. The van der Waals surface area contributed by atoms with Crippen molar-refractivity contribution in [2.75, 3.05) is 13.1 Å². The third-order valence-corrected chi connectivity index (χ3v) is 5.32. The van der Waals surface area contributed by atoms with Gasteiger partial charge in [-0.1, -0.05) is 31.9 Å². The average Bonchev–Trinajstić information content (AvgIpc) is 2.72. The van der Waals surface area contributed by atoms with E-state index in [1.165, 1.54) is 31.2 Å². The highest BCUT2D eigenvalue weighted by Crippen LogP contribution is 2.55. The SMILES string of the molecule is CC1CCCC12CCNCC2c1cccc(F)c1. The number of rotatable bonds is 1.